The SMILES string of the molecule is CCCn1ccnc1Cc1ccccc1C=O. The van der Waals surface area contributed by atoms with Crippen molar-refractivity contribution >= 4 is 6.29 Å². The number of rotatable bonds is 5. The largest absolute Gasteiger partial charge is 0.335 e. The molecule has 0 amide bonds. The van der Waals surface area contributed by atoms with E-state index in [0.29, 0.717) is 6.42 Å². The fourth-order valence-electron chi connectivity index (χ4n) is 1.93. The van der Waals surface area contributed by atoms with Gasteiger partial charge in [0.25, 0.3) is 0 Å². The molecule has 1 heterocycles. The van der Waals surface area contributed by atoms with Gasteiger partial charge in [-0.15, -0.1) is 0 Å². The van der Waals surface area contributed by atoms with Crippen LogP contribution in [0.15, 0.2) is 36.7 Å². The lowest BCUT2D eigenvalue weighted by Gasteiger charge is -2.07. The Hall–Kier alpha value is -1.90. The fourth-order valence-corrected chi connectivity index (χ4v) is 1.93. The topological polar surface area (TPSA) is 34.9 Å². The van der Waals surface area contributed by atoms with Gasteiger partial charge >= 0.3 is 0 Å². The highest BCUT2D eigenvalue weighted by molar-refractivity contribution is 5.77. The first-order chi connectivity index (χ1) is 8.35. The van der Waals surface area contributed by atoms with Gasteiger partial charge in [-0.3, -0.25) is 4.79 Å². The van der Waals surface area contributed by atoms with E-state index in [1.54, 1.807) is 0 Å². The number of aryl methyl sites for hydroxylation is 1. The van der Waals surface area contributed by atoms with Crippen LogP contribution in [0.2, 0.25) is 0 Å². The molecule has 0 N–H and O–H groups in total. The maximum atomic E-state index is 10.9. The van der Waals surface area contributed by atoms with Crippen molar-refractivity contribution in [3.05, 3.63) is 53.6 Å². The highest BCUT2D eigenvalue weighted by Crippen LogP contribution is 2.12. The molecule has 0 unspecified atom stereocenters. The van der Waals surface area contributed by atoms with Crippen molar-refractivity contribution in [2.45, 2.75) is 26.3 Å². The lowest BCUT2D eigenvalue weighted by molar-refractivity contribution is 0.112. The molecule has 0 fully saturated rings. The summed E-state index contributed by atoms with van der Waals surface area (Å²) in [6.07, 6.45) is 6.50. The number of aromatic nitrogens is 2. The van der Waals surface area contributed by atoms with E-state index in [4.69, 9.17) is 0 Å². The summed E-state index contributed by atoms with van der Waals surface area (Å²) in [4.78, 5) is 15.3. The molecule has 3 heteroatoms. The number of hydrogen-bond donors (Lipinski definition) is 0. The Bertz CT molecular complexity index is 502. The Morgan fingerprint density at radius 2 is 2.18 bits per heavy atom. The molecule has 0 aliphatic carbocycles. The average Bonchev–Trinajstić information content (AvgIpc) is 2.78. The van der Waals surface area contributed by atoms with Crippen LogP contribution in [0.5, 0.6) is 0 Å². The van der Waals surface area contributed by atoms with E-state index >= 15 is 0 Å². The average molecular weight is 228 g/mol. The van der Waals surface area contributed by atoms with Gasteiger partial charge in [-0.05, 0) is 12.0 Å². The quantitative estimate of drug-likeness (QED) is 0.737. The number of nitrogens with zero attached hydrogens (tertiary/aromatic N) is 2. The molecule has 0 saturated heterocycles. The number of carbonyl (C=O) groups excluding carboxylic acids is 1. The summed E-state index contributed by atoms with van der Waals surface area (Å²) in [6.45, 7) is 3.11. The normalized spacial score (nSPS) is 10.4. The second-order valence-electron chi connectivity index (χ2n) is 4.03. The molecule has 0 spiro atoms. The Kier molecular flexibility index (Phi) is 3.70. The maximum Gasteiger partial charge on any atom is 0.150 e. The third-order valence-electron chi connectivity index (χ3n) is 2.80. The molecule has 2 rings (SSSR count). The van der Waals surface area contributed by atoms with Crippen LogP contribution in [-0.2, 0) is 13.0 Å². The fraction of sp³-hybridized carbons (Fsp3) is 0.286. The summed E-state index contributed by atoms with van der Waals surface area (Å²) in [5.74, 6) is 1.01. The summed E-state index contributed by atoms with van der Waals surface area (Å²) in [5, 5.41) is 0. The summed E-state index contributed by atoms with van der Waals surface area (Å²) in [6, 6.07) is 7.66. The van der Waals surface area contributed by atoms with Crippen molar-refractivity contribution in [3.63, 3.8) is 0 Å². The molecule has 1 aromatic heterocycles. The van der Waals surface area contributed by atoms with Crippen molar-refractivity contribution in [1.29, 1.82) is 0 Å². The molecule has 2 aromatic rings. The van der Waals surface area contributed by atoms with Crippen LogP contribution >= 0.6 is 0 Å². The first-order valence-corrected chi connectivity index (χ1v) is 5.88. The van der Waals surface area contributed by atoms with Crippen molar-refractivity contribution in [3.8, 4) is 0 Å². The lowest BCUT2D eigenvalue weighted by Crippen LogP contribution is -2.04. The number of imidazole rings is 1. The first-order valence-electron chi connectivity index (χ1n) is 5.88. The molecular formula is C14H16N2O. The van der Waals surface area contributed by atoms with Crippen molar-refractivity contribution in [2.24, 2.45) is 0 Å². The van der Waals surface area contributed by atoms with Crippen LogP contribution in [0.3, 0.4) is 0 Å². The van der Waals surface area contributed by atoms with Crippen molar-refractivity contribution < 1.29 is 4.79 Å². The van der Waals surface area contributed by atoms with Crippen LogP contribution in [0.4, 0.5) is 0 Å². The van der Waals surface area contributed by atoms with Gasteiger partial charge < -0.3 is 4.57 Å². The smallest absolute Gasteiger partial charge is 0.150 e. The van der Waals surface area contributed by atoms with Crippen LogP contribution in [0.25, 0.3) is 0 Å². The van der Waals surface area contributed by atoms with Crippen LogP contribution < -0.4 is 0 Å². The lowest BCUT2D eigenvalue weighted by atomic mass is 10.1. The van der Waals surface area contributed by atoms with E-state index in [1.165, 1.54) is 0 Å². The Morgan fingerprint density at radius 1 is 1.35 bits per heavy atom. The number of aldehydes is 1. The zero-order chi connectivity index (χ0) is 12.1. The zero-order valence-electron chi connectivity index (χ0n) is 9.97. The van der Waals surface area contributed by atoms with Crippen LogP contribution in [0, 0.1) is 0 Å². The van der Waals surface area contributed by atoms with Gasteiger partial charge in [-0.25, -0.2) is 4.98 Å². The molecule has 0 aliphatic heterocycles. The van der Waals surface area contributed by atoms with Gasteiger partial charge in [-0.2, -0.15) is 0 Å². The summed E-state index contributed by atoms with van der Waals surface area (Å²) >= 11 is 0. The summed E-state index contributed by atoms with van der Waals surface area (Å²) in [5.41, 5.74) is 1.78. The van der Waals surface area contributed by atoms with Crippen LogP contribution in [0.1, 0.15) is 35.1 Å². The van der Waals surface area contributed by atoms with E-state index in [-0.39, 0.29) is 0 Å². The first kappa shape index (κ1) is 11.6. The highest BCUT2D eigenvalue weighted by Gasteiger charge is 2.06. The molecule has 88 valence electrons. The van der Waals surface area contributed by atoms with Gasteiger partial charge in [-0.1, -0.05) is 31.2 Å². The second-order valence-corrected chi connectivity index (χ2v) is 4.03. The minimum atomic E-state index is 0.710. The van der Waals surface area contributed by atoms with E-state index in [2.05, 4.69) is 16.5 Å². The van der Waals surface area contributed by atoms with E-state index in [0.717, 1.165) is 36.2 Å². The number of benzene rings is 1. The summed E-state index contributed by atoms with van der Waals surface area (Å²) in [7, 11) is 0. The molecule has 3 nitrogen and oxygen atoms in total. The number of carbonyl (C=O) groups is 1. The Balaban J connectivity index is 2.25. The molecule has 0 bridgehead atoms. The monoisotopic (exact) mass is 228 g/mol. The molecule has 0 saturated carbocycles. The Labute approximate surface area is 101 Å². The molecule has 0 atom stereocenters. The van der Waals surface area contributed by atoms with Gasteiger partial charge in [0.15, 0.2) is 0 Å². The minimum Gasteiger partial charge on any atom is -0.335 e. The van der Waals surface area contributed by atoms with Gasteiger partial charge in [0.1, 0.15) is 12.1 Å². The van der Waals surface area contributed by atoms with E-state index in [1.807, 2.05) is 36.7 Å². The summed E-state index contributed by atoms with van der Waals surface area (Å²) < 4.78 is 2.14. The molecule has 0 aliphatic rings. The van der Waals surface area contributed by atoms with Gasteiger partial charge in [0.2, 0.25) is 0 Å². The Morgan fingerprint density at radius 3 is 2.94 bits per heavy atom. The molecule has 1 aromatic carbocycles. The zero-order valence-corrected chi connectivity index (χ0v) is 9.97. The predicted octanol–water partition coefficient (Wildman–Crippen LogP) is 2.70. The molecule has 17 heavy (non-hydrogen) atoms. The molecular weight excluding hydrogens is 212 g/mol. The third kappa shape index (κ3) is 2.61. The van der Waals surface area contributed by atoms with Crippen LogP contribution in [-0.4, -0.2) is 15.8 Å². The second kappa shape index (κ2) is 5.43. The number of hydrogen-bond acceptors (Lipinski definition) is 2. The van der Waals surface area contributed by atoms with E-state index < -0.39 is 0 Å². The van der Waals surface area contributed by atoms with Crippen molar-refractivity contribution in [2.75, 3.05) is 0 Å². The molecule has 0 radical (unpaired) electrons. The van der Waals surface area contributed by atoms with Crippen molar-refractivity contribution in [1.82, 2.24) is 9.55 Å². The maximum absolute atomic E-state index is 10.9. The predicted molar refractivity (Wildman–Crippen MR) is 67.2 cm³/mol. The van der Waals surface area contributed by atoms with Gasteiger partial charge in [0.05, 0.1) is 0 Å². The van der Waals surface area contributed by atoms with E-state index in [9.17, 15) is 4.79 Å². The minimum absolute atomic E-state index is 0.710. The van der Waals surface area contributed by atoms with Gasteiger partial charge in [0, 0.05) is 30.9 Å². The third-order valence-corrected chi connectivity index (χ3v) is 2.80. The highest BCUT2D eigenvalue weighted by atomic mass is 16.1. The standard InChI is InChI=1S/C14H16N2O/c1-2-8-16-9-7-15-14(16)10-12-5-3-4-6-13(12)11-17/h3-7,9,11H,2,8,10H2,1H3.